The van der Waals surface area contributed by atoms with E-state index < -0.39 is 5.97 Å². The Bertz CT molecular complexity index is 680. The van der Waals surface area contributed by atoms with Crippen LogP contribution in [0.1, 0.15) is 10.4 Å². The number of hydrogen-bond donors (Lipinski definition) is 2. The van der Waals surface area contributed by atoms with Crippen molar-refractivity contribution in [3.05, 3.63) is 51.0 Å². The molecule has 2 N–H and O–H groups in total. The summed E-state index contributed by atoms with van der Waals surface area (Å²) in [5.74, 6) is -0.831. The Morgan fingerprint density at radius 3 is 2.58 bits per heavy atom. The molecule has 0 spiro atoms. The lowest BCUT2D eigenvalue weighted by Crippen LogP contribution is -2.21. The average Bonchev–Trinajstić information content (AvgIpc) is 2.36. The van der Waals surface area contributed by atoms with E-state index in [4.69, 9.17) is 5.11 Å². The van der Waals surface area contributed by atoms with E-state index in [1.54, 1.807) is 25.4 Å². The highest BCUT2D eigenvalue weighted by Crippen LogP contribution is 2.14. The number of benzene rings is 1. The lowest BCUT2D eigenvalue weighted by molar-refractivity contribution is 0.0697. The smallest absolute Gasteiger partial charge is 0.335 e. The van der Waals surface area contributed by atoms with Gasteiger partial charge in [-0.3, -0.25) is 4.79 Å². The van der Waals surface area contributed by atoms with Crippen molar-refractivity contribution >= 4 is 33.4 Å². The molecule has 0 bridgehead atoms. The number of carboxylic acid groups (broad SMARTS) is 1. The maximum Gasteiger partial charge on any atom is 0.335 e. The second-order valence-corrected chi connectivity index (χ2v) is 4.65. The van der Waals surface area contributed by atoms with Gasteiger partial charge in [0.25, 0.3) is 5.56 Å². The molecule has 0 saturated carbocycles. The van der Waals surface area contributed by atoms with E-state index >= 15 is 0 Å². The number of nitrogens with one attached hydrogen (secondary N) is 1. The maximum atomic E-state index is 11.8. The predicted molar refractivity (Wildman–Crippen MR) is 73.9 cm³/mol. The van der Waals surface area contributed by atoms with Gasteiger partial charge in [0.15, 0.2) is 5.82 Å². The summed E-state index contributed by atoms with van der Waals surface area (Å²) in [5.41, 5.74) is 0.499. The first-order valence-corrected chi connectivity index (χ1v) is 6.10. The number of halogens is 1. The van der Waals surface area contributed by atoms with Gasteiger partial charge in [0.1, 0.15) is 4.60 Å². The van der Waals surface area contributed by atoms with Gasteiger partial charge in [0.2, 0.25) is 0 Å². The fraction of sp³-hybridized carbons (Fsp3) is 0.0833. The third-order valence-corrected chi connectivity index (χ3v) is 2.82. The Kier molecular flexibility index (Phi) is 3.66. The summed E-state index contributed by atoms with van der Waals surface area (Å²) < 4.78 is 1.92. The van der Waals surface area contributed by atoms with Gasteiger partial charge in [-0.2, -0.15) is 0 Å². The van der Waals surface area contributed by atoms with Crippen LogP contribution in [0.5, 0.6) is 0 Å². The van der Waals surface area contributed by atoms with Gasteiger partial charge < -0.3 is 15.0 Å². The van der Waals surface area contributed by atoms with Crippen molar-refractivity contribution in [2.75, 3.05) is 5.32 Å². The standard InChI is InChI=1S/C12H10BrN3O3/c1-16-6-9(13)15-10(11(16)17)14-8-4-2-7(3-5-8)12(18)19/h2-6H,1H3,(H,14,15)(H,18,19). The molecular weight excluding hydrogens is 314 g/mol. The molecule has 7 heteroatoms. The molecule has 0 aliphatic carbocycles. The van der Waals surface area contributed by atoms with Gasteiger partial charge in [0, 0.05) is 18.9 Å². The number of aromatic carboxylic acids is 1. The van der Waals surface area contributed by atoms with Gasteiger partial charge in [-0.15, -0.1) is 0 Å². The number of anilines is 2. The van der Waals surface area contributed by atoms with Gasteiger partial charge >= 0.3 is 5.97 Å². The Hall–Kier alpha value is -2.15. The molecule has 0 aliphatic heterocycles. The molecule has 0 saturated heterocycles. The van der Waals surface area contributed by atoms with Crippen molar-refractivity contribution in [2.45, 2.75) is 0 Å². The van der Waals surface area contributed by atoms with Crippen LogP contribution in [0.25, 0.3) is 0 Å². The summed E-state index contributed by atoms with van der Waals surface area (Å²) in [6, 6.07) is 6.05. The largest absolute Gasteiger partial charge is 0.478 e. The molecule has 2 aromatic rings. The third-order valence-electron chi connectivity index (χ3n) is 2.44. The zero-order valence-corrected chi connectivity index (χ0v) is 11.5. The molecule has 0 atom stereocenters. The van der Waals surface area contributed by atoms with Crippen molar-refractivity contribution in [2.24, 2.45) is 7.05 Å². The van der Waals surface area contributed by atoms with Gasteiger partial charge in [-0.1, -0.05) is 0 Å². The number of rotatable bonds is 3. The van der Waals surface area contributed by atoms with Crippen molar-refractivity contribution in [1.29, 1.82) is 0 Å². The Balaban J connectivity index is 2.31. The van der Waals surface area contributed by atoms with Crippen molar-refractivity contribution in [3.63, 3.8) is 0 Å². The highest BCUT2D eigenvalue weighted by Gasteiger charge is 2.07. The molecule has 0 unspecified atom stereocenters. The minimum Gasteiger partial charge on any atom is -0.478 e. The molecule has 19 heavy (non-hydrogen) atoms. The molecule has 0 radical (unpaired) electrons. The Labute approximate surface area is 116 Å². The van der Waals surface area contributed by atoms with Crippen molar-refractivity contribution in [1.82, 2.24) is 9.55 Å². The van der Waals surface area contributed by atoms with Crippen LogP contribution in [-0.2, 0) is 7.05 Å². The predicted octanol–water partition coefficient (Wildman–Crippen LogP) is 1.98. The summed E-state index contributed by atoms with van der Waals surface area (Å²) in [5, 5.41) is 11.6. The minimum absolute atomic E-state index is 0.167. The van der Waals surface area contributed by atoms with Gasteiger partial charge in [-0.25, -0.2) is 9.78 Å². The van der Waals surface area contributed by atoms with Crippen LogP contribution in [0.15, 0.2) is 39.9 Å². The van der Waals surface area contributed by atoms with Crippen LogP contribution in [0.3, 0.4) is 0 Å². The first-order valence-electron chi connectivity index (χ1n) is 5.31. The summed E-state index contributed by atoms with van der Waals surface area (Å²) in [4.78, 5) is 26.6. The summed E-state index contributed by atoms with van der Waals surface area (Å²) in [6.07, 6.45) is 1.56. The first-order chi connectivity index (χ1) is 8.97. The van der Waals surface area contributed by atoms with Crippen LogP contribution < -0.4 is 10.9 Å². The highest BCUT2D eigenvalue weighted by atomic mass is 79.9. The van der Waals surface area contributed by atoms with Crippen LogP contribution in [-0.4, -0.2) is 20.6 Å². The molecule has 0 fully saturated rings. The second-order valence-electron chi connectivity index (χ2n) is 3.84. The van der Waals surface area contributed by atoms with Crippen LogP contribution in [0.2, 0.25) is 0 Å². The third kappa shape index (κ3) is 3.00. The molecule has 1 aromatic carbocycles. The normalized spacial score (nSPS) is 10.2. The summed E-state index contributed by atoms with van der Waals surface area (Å²) in [7, 11) is 1.62. The van der Waals surface area contributed by atoms with Crippen LogP contribution in [0.4, 0.5) is 11.5 Å². The lowest BCUT2D eigenvalue weighted by Gasteiger charge is -2.07. The van der Waals surface area contributed by atoms with Crippen LogP contribution in [0, 0.1) is 0 Å². The van der Waals surface area contributed by atoms with Gasteiger partial charge in [-0.05, 0) is 40.2 Å². The highest BCUT2D eigenvalue weighted by molar-refractivity contribution is 9.10. The first kappa shape index (κ1) is 13.3. The Morgan fingerprint density at radius 1 is 1.37 bits per heavy atom. The van der Waals surface area contributed by atoms with Gasteiger partial charge in [0.05, 0.1) is 5.56 Å². The maximum absolute atomic E-state index is 11.8. The van der Waals surface area contributed by atoms with Crippen LogP contribution >= 0.6 is 15.9 Å². The molecule has 0 amide bonds. The quantitative estimate of drug-likeness (QED) is 0.902. The zero-order chi connectivity index (χ0) is 14.0. The number of nitrogens with zero attached hydrogens (tertiary/aromatic N) is 2. The van der Waals surface area contributed by atoms with E-state index in [-0.39, 0.29) is 16.9 Å². The van der Waals surface area contributed by atoms with E-state index in [9.17, 15) is 9.59 Å². The van der Waals surface area contributed by atoms with E-state index in [0.717, 1.165) is 0 Å². The number of aryl methyl sites for hydroxylation is 1. The van der Waals surface area contributed by atoms with Crippen molar-refractivity contribution < 1.29 is 9.90 Å². The molecule has 0 aliphatic rings. The summed E-state index contributed by atoms with van der Waals surface area (Å²) in [6.45, 7) is 0. The van der Waals surface area contributed by atoms with E-state index in [1.807, 2.05) is 0 Å². The topological polar surface area (TPSA) is 84.2 Å². The number of carboxylic acids is 1. The monoisotopic (exact) mass is 323 g/mol. The lowest BCUT2D eigenvalue weighted by atomic mass is 10.2. The summed E-state index contributed by atoms with van der Waals surface area (Å²) >= 11 is 3.20. The Morgan fingerprint density at radius 2 is 2.00 bits per heavy atom. The number of carbonyl (C=O) groups is 1. The fourth-order valence-corrected chi connectivity index (χ4v) is 1.97. The van der Waals surface area contributed by atoms with Crippen molar-refractivity contribution in [3.8, 4) is 0 Å². The van der Waals surface area contributed by atoms with E-state index in [2.05, 4.69) is 26.2 Å². The number of aromatic nitrogens is 2. The fourth-order valence-electron chi connectivity index (χ4n) is 1.48. The van der Waals surface area contributed by atoms with E-state index in [1.165, 1.54) is 16.7 Å². The number of hydrogen-bond acceptors (Lipinski definition) is 4. The molecule has 6 nitrogen and oxygen atoms in total. The molecule has 2 rings (SSSR count). The second kappa shape index (κ2) is 5.23. The molecule has 98 valence electrons. The average molecular weight is 324 g/mol. The molecular formula is C12H10BrN3O3. The zero-order valence-electron chi connectivity index (χ0n) is 9.92. The molecule has 1 heterocycles. The minimum atomic E-state index is -0.997. The SMILES string of the molecule is Cn1cc(Br)nc(Nc2ccc(C(=O)O)cc2)c1=O. The molecule has 1 aromatic heterocycles. The van der Waals surface area contributed by atoms with E-state index in [0.29, 0.717) is 10.3 Å².